The zero-order chi connectivity index (χ0) is 25.9. The SMILES string of the molecule is [2H]C(c1ccc(-c2ccc3c(cnn3C)c2)cc1Cl)N(c1ccccc1)c1cccc(/C=C/C(=O)O)c1. The number of aryl methyl sites for hydroxylation is 1. The fraction of sp³-hybridized carbons (Fsp3) is 0.0667. The molecule has 4 aromatic carbocycles. The van der Waals surface area contributed by atoms with E-state index in [9.17, 15) is 6.17 Å². The third kappa shape index (κ3) is 5.02. The van der Waals surface area contributed by atoms with Crippen LogP contribution in [0.4, 0.5) is 11.4 Å². The van der Waals surface area contributed by atoms with Gasteiger partial charge < -0.3 is 10.0 Å². The lowest BCUT2D eigenvalue weighted by Gasteiger charge is -2.26. The Balaban J connectivity index is 1.52. The van der Waals surface area contributed by atoms with Crippen molar-refractivity contribution in [2.75, 3.05) is 4.90 Å². The molecule has 178 valence electrons. The summed E-state index contributed by atoms with van der Waals surface area (Å²) < 4.78 is 11.1. The number of aliphatic carboxylic acids is 1. The van der Waals surface area contributed by atoms with Crippen LogP contribution in [0.5, 0.6) is 0 Å². The molecule has 1 N–H and O–H groups in total. The number of nitrogens with zero attached hydrogens (tertiary/aromatic N) is 3. The largest absolute Gasteiger partial charge is 0.478 e. The number of hydrogen-bond donors (Lipinski definition) is 1. The average Bonchev–Trinajstić information content (AvgIpc) is 3.28. The van der Waals surface area contributed by atoms with Crippen molar-refractivity contribution in [3.63, 3.8) is 0 Å². The molecule has 6 heteroatoms. The molecule has 1 unspecified atom stereocenters. The predicted octanol–water partition coefficient (Wildman–Crippen LogP) is 7.33. The van der Waals surface area contributed by atoms with Crippen LogP contribution < -0.4 is 4.90 Å². The van der Waals surface area contributed by atoms with Crippen molar-refractivity contribution in [1.29, 1.82) is 0 Å². The Morgan fingerprint density at radius 2 is 1.75 bits per heavy atom. The highest BCUT2D eigenvalue weighted by Crippen LogP contribution is 2.33. The molecule has 0 fully saturated rings. The standard InChI is InChI=1S/C30H24ClN3O2/c1-33-29-14-13-22(17-25(29)19-32-33)23-11-12-24(28(31)18-23)20-34(26-7-3-2-4-8-26)27-9-5-6-21(16-27)10-15-30(35)36/h2-19H,20H2,1H3,(H,35,36)/b15-10+/i20D. The Bertz CT molecular complexity index is 1610. The van der Waals surface area contributed by atoms with Crippen LogP contribution >= 0.6 is 11.6 Å². The van der Waals surface area contributed by atoms with Crippen molar-refractivity contribution < 1.29 is 11.3 Å². The van der Waals surface area contributed by atoms with Crippen LogP contribution in [-0.4, -0.2) is 20.9 Å². The van der Waals surface area contributed by atoms with Crippen molar-refractivity contribution in [2.45, 2.75) is 6.52 Å². The molecule has 1 atom stereocenters. The van der Waals surface area contributed by atoms with E-state index in [0.717, 1.165) is 45.0 Å². The number of para-hydroxylation sites is 1. The smallest absolute Gasteiger partial charge is 0.328 e. The Kier molecular flexibility index (Phi) is 6.21. The summed E-state index contributed by atoms with van der Waals surface area (Å²) in [5.74, 6) is -1.02. The van der Waals surface area contributed by atoms with E-state index >= 15 is 0 Å². The highest BCUT2D eigenvalue weighted by Gasteiger charge is 2.14. The quantitative estimate of drug-likeness (QED) is 0.241. The Morgan fingerprint density at radius 3 is 2.53 bits per heavy atom. The maximum Gasteiger partial charge on any atom is 0.328 e. The zero-order valence-corrected chi connectivity index (χ0v) is 20.3. The molecular formula is C30H24ClN3O2. The minimum absolute atomic E-state index is 0.492. The summed E-state index contributed by atoms with van der Waals surface area (Å²) in [7, 11) is 1.92. The molecule has 1 aromatic heterocycles. The van der Waals surface area contributed by atoms with E-state index in [0.29, 0.717) is 10.6 Å². The molecule has 0 amide bonds. The highest BCUT2D eigenvalue weighted by atomic mass is 35.5. The second-order valence-corrected chi connectivity index (χ2v) is 8.79. The van der Waals surface area contributed by atoms with E-state index in [1.165, 1.54) is 6.08 Å². The van der Waals surface area contributed by atoms with Gasteiger partial charge in [-0.3, -0.25) is 4.68 Å². The molecule has 0 saturated carbocycles. The lowest BCUT2D eigenvalue weighted by atomic mass is 10.0. The van der Waals surface area contributed by atoms with E-state index in [1.54, 1.807) is 0 Å². The summed E-state index contributed by atoms with van der Waals surface area (Å²) in [6, 6.07) is 29.0. The molecule has 5 rings (SSSR count). The molecule has 5 nitrogen and oxygen atoms in total. The number of carbonyl (C=O) groups is 1. The van der Waals surface area contributed by atoms with Crippen LogP contribution in [0.3, 0.4) is 0 Å². The Hall–Kier alpha value is -4.35. The van der Waals surface area contributed by atoms with Crippen LogP contribution in [0, 0.1) is 0 Å². The third-order valence-corrected chi connectivity index (χ3v) is 6.28. The van der Waals surface area contributed by atoms with Gasteiger partial charge in [0.1, 0.15) is 0 Å². The topological polar surface area (TPSA) is 58.4 Å². The molecule has 36 heavy (non-hydrogen) atoms. The first-order chi connectivity index (χ1) is 17.9. The fourth-order valence-corrected chi connectivity index (χ4v) is 4.36. The Morgan fingerprint density at radius 1 is 1.00 bits per heavy atom. The summed E-state index contributed by atoms with van der Waals surface area (Å²) in [6.45, 7) is -0.844. The second-order valence-electron chi connectivity index (χ2n) is 8.38. The molecule has 0 aliphatic heterocycles. The maximum atomic E-state index is 11.0. The molecular weight excluding hydrogens is 470 g/mol. The molecule has 0 saturated heterocycles. The summed E-state index contributed by atoms with van der Waals surface area (Å²) in [6.07, 6.45) is 4.48. The summed E-state index contributed by atoms with van der Waals surface area (Å²) in [5, 5.41) is 14.9. The first kappa shape index (κ1) is 22.1. The van der Waals surface area contributed by atoms with Crippen molar-refractivity contribution in [3.05, 3.63) is 119 Å². The number of carboxylic acid groups (broad SMARTS) is 1. The van der Waals surface area contributed by atoms with Crippen LogP contribution in [0.1, 0.15) is 12.5 Å². The number of aromatic nitrogens is 2. The molecule has 0 aliphatic rings. The molecule has 1 heterocycles. The van der Waals surface area contributed by atoms with E-state index < -0.39 is 12.5 Å². The summed E-state index contributed by atoms with van der Waals surface area (Å²) in [4.78, 5) is 12.9. The van der Waals surface area contributed by atoms with Gasteiger partial charge in [0.25, 0.3) is 0 Å². The van der Waals surface area contributed by atoms with Gasteiger partial charge in [-0.25, -0.2) is 4.79 Å². The van der Waals surface area contributed by atoms with E-state index in [2.05, 4.69) is 11.2 Å². The van der Waals surface area contributed by atoms with E-state index in [1.807, 2.05) is 108 Å². The van der Waals surface area contributed by atoms with Crippen LogP contribution in [0.25, 0.3) is 28.1 Å². The Labute approximate surface area is 215 Å². The monoisotopic (exact) mass is 494 g/mol. The molecule has 0 spiro atoms. The number of halogens is 1. The minimum atomic E-state index is -1.02. The van der Waals surface area contributed by atoms with Gasteiger partial charge in [-0.2, -0.15) is 5.10 Å². The van der Waals surface area contributed by atoms with Gasteiger partial charge in [0.15, 0.2) is 0 Å². The number of fused-ring (bicyclic) bond motifs is 1. The van der Waals surface area contributed by atoms with E-state index in [-0.39, 0.29) is 0 Å². The third-order valence-electron chi connectivity index (χ3n) is 5.95. The van der Waals surface area contributed by atoms with Crippen LogP contribution in [0.15, 0.2) is 103 Å². The second kappa shape index (κ2) is 10.1. The van der Waals surface area contributed by atoms with Crippen molar-refractivity contribution in [3.8, 4) is 11.1 Å². The van der Waals surface area contributed by atoms with Crippen LogP contribution in [-0.2, 0) is 18.4 Å². The number of carboxylic acids is 1. The summed E-state index contributed by atoms with van der Waals surface area (Å²) >= 11 is 6.79. The fourth-order valence-electron chi connectivity index (χ4n) is 4.13. The lowest BCUT2D eigenvalue weighted by Crippen LogP contribution is -2.16. The number of rotatable bonds is 7. The van der Waals surface area contributed by atoms with Gasteiger partial charge >= 0.3 is 5.97 Å². The number of hydrogen-bond acceptors (Lipinski definition) is 3. The van der Waals surface area contributed by atoms with Gasteiger partial charge in [-0.15, -0.1) is 0 Å². The van der Waals surface area contributed by atoms with Crippen molar-refractivity contribution >= 4 is 45.9 Å². The number of benzene rings is 4. The lowest BCUT2D eigenvalue weighted by molar-refractivity contribution is -0.131. The van der Waals surface area contributed by atoms with Gasteiger partial charge in [0.05, 0.1) is 13.1 Å². The zero-order valence-electron chi connectivity index (χ0n) is 20.5. The first-order valence-electron chi connectivity index (χ1n) is 12.0. The van der Waals surface area contributed by atoms with Gasteiger partial charge in [-0.1, -0.05) is 60.1 Å². The average molecular weight is 495 g/mol. The highest BCUT2D eigenvalue weighted by molar-refractivity contribution is 6.31. The molecule has 5 aromatic rings. The van der Waals surface area contributed by atoms with Gasteiger partial charge in [-0.05, 0) is 70.8 Å². The first-order valence-corrected chi connectivity index (χ1v) is 11.8. The van der Waals surface area contributed by atoms with Gasteiger partial charge in [0.2, 0.25) is 0 Å². The van der Waals surface area contributed by atoms with Gasteiger partial charge in [0, 0.05) is 41.4 Å². The van der Waals surface area contributed by atoms with Crippen molar-refractivity contribution in [2.24, 2.45) is 7.05 Å². The summed E-state index contributed by atoms with van der Waals surface area (Å²) in [5.41, 5.74) is 5.98. The van der Waals surface area contributed by atoms with Crippen molar-refractivity contribution in [1.82, 2.24) is 9.78 Å². The predicted molar refractivity (Wildman–Crippen MR) is 147 cm³/mol. The van der Waals surface area contributed by atoms with Crippen LogP contribution in [0.2, 0.25) is 5.02 Å². The van der Waals surface area contributed by atoms with E-state index in [4.69, 9.17) is 16.7 Å². The maximum absolute atomic E-state index is 11.0. The molecule has 0 radical (unpaired) electrons. The number of anilines is 2. The molecule has 0 aliphatic carbocycles. The minimum Gasteiger partial charge on any atom is -0.478 e. The molecule has 0 bridgehead atoms. The normalized spacial score (nSPS) is 12.6.